The predicted octanol–water partition coefficient (Wildman–Crippen LogP) is 2.27. The zero-order valence-corrected chi connectivity index (χ0v) is 12.8. The number of hydrogen-bond acceptors (Lipinski definition) is 3. The Labute approximate surface area is 131 Å². The first kappa shape index (κ1) is 14.7. The van der Waals surface area contributed by atoms with Crippen LogP contribution in [-0.2, 0) is 10.3 Å². The molecule has 1 fully saturated rings. The molecule has 0 radical (unpaired) electrons. The van der Waals surface area contributed by atoms with Crippen LogP contribution in [0.2, 0.25) is 0 Å². The molecule has 2 atom stereocenters. The number of piperidine rings is 1. The van der Waals surface area contributed by atoms with Crippen molar-refractivity contribution in [1.29, 1.82) is 0 Å². The highest BCUT2D eigenvalue weighted by atomic mass is 16.1. The van der Waals surface area contributed by atoms with Crippen LogP contribution in [0.1, 0.15) is 29.9 Å². The number of carbonyl (C=O) groups excluding carboxylic acids is 1. The zero-order valence-electron chi connectivity index (χ0n) is 12.8. The molecule has 1 aliphatic heterocycles. The van der Waals surface area contributed by atoms with Crippen LogP contribution in [0, 0.1) is 0 Å². The lowest BCUT2D eigenvalue weighted by atomic mass is 9.69. The highest BCUT2D eigenvalue weighted by Gasteiger charge is 2.51. The summed E-state index contributed by atoms with van der Waals surface area (Å²) in [4.78, 5) is 18.8. The van der Waals surface area contributed by atoms with Gasteiger partial charge in [0, 0.05) is 18.3 Å². The second kappa shape index (κ2) is 5.89. The minimum Gasteiger partial charge on any atom is -0.368 e. The second-order valence-electron chi connectivity index (χ2n) is 5.89. The van der Waals surface area contributed by atoms with Gasteiger partial charge in [-0.1, -0.05) is 30.3 Å². The number of rotatable bonds is 3. The average molecular weight is 295 g/mol. The summed E-state index contributed by atoms with van der Waals surface area (Å²) in [6.45, 7) is 0.856. The number of likely N-dealkylation sites (tertiary alicyclic amines) is 1. The molecule has 0 saturated carbocycles. The van der Waals surface area contributed by atoms with Crippen molar-refractivity contribution >= 4 is 5.91 Å². The van der Waals surface area contributed by atoms with E-state index in [0.717, 1.165) is 30.5 Å². The highest BCUT2D eigenvalue weighted by Crippen LogP contribution is 2.46. The van der Waals surface area contributed by atoms with E-state index in [1.54, 1.807) is 12.4 Å². The van der Waals surface area contributed by atoms with Crippen molar-refractivity contribution in [3.63, 3.8) is 0 Å². The summed E-state index contributed by atoms with van der Waals surface area (Å²) >= 11 is 0. The van der Waals surface area contributed by atoms with Gasteiger partial charge in [-0.15, -0.1) is 0 Å². The van der Waals surface area contributed by atoms with Gasteiger partial charge in [-0.05, 0) is 49.7 Å². The normalized spacial score (nSPS) is 25.8. The third kappa shape index (κ3) is 2.20. The molecule has 2 heterocycles. The fourth-order valence-electron chi connectivity index (χ4n) is 3.81. The van der Waals surface area contributed by atoms with Crippen molar-refractivity contribution in [2.45, 2.75) is 24.3 Å². The molecule has 4 heteroatoms. The number of nitrogens with zero attached hydrogens (tertiary/aromatic N) is 2. The fourth-order valence-corrected chi connectivity index (χ4v) is 3.81. The molecule has 2 N–H and O–H groups in total. The summed E-state index contributed by atoms with van der Waals surface area (Å²) in [5.41, 5.74) is 7.21. The number of nitrogens with two attached hydrogens (primary N) is 1. The monoisotopic (exact) mass is 295 g/mol. The number of likely N-dealkylation sites (N-methyl/N-ethyl adjacent to an activating group) is 1. The molecule has 2 unspecified atom stereocenters. The molecule has 4 nitrogen and oxygen atoms in total. The van der Waals surface area contributed by atoms with Crippen LogP contribution in [0.25, 0.3) is 0 Å². The van der Waals surface area contributed by atoms with Crippen molar-refractivity contribution < 1.29 is 4.79 Å². The van der Waals surface area contributed by atoms with Crippen molar-refractivity contribution in [3.05, 3.63) is 66.0 Å². The molecule has 1 amide bonds. The van der Waals surface area contributed by atoms with Crippen LogP contribution < -0.4 is 5.73 Å². The molecule has 22 heavy (non-hydrogen) atoms. The van der Waals surface area contributed by atoms with Crippen LogP contribution in [-0.4, -0.2) is 29.4 Å². The molecule has 114 valence electrons. The summed E-state index contributed by atoms with van der Waals surface area (Å²) in [6, 6.07) is 14.0. The molecule has 1 saturated heterocycles. The van der Waals surface area contributed by atoms with Crippen molar-refractivity contribution in [1.82, 2.24) is 9.88 Å². The Morgan fingerprint density at radius 1 is 1.23 bits per heavy atom. The van der Waals surface area contributed by atoms with E-state index >= 15 is 0 Å². The maximum Gasteiger partial charge on any atom is 0.243 e. The van der Waals surface area contributed by atoms with Gasteiger partial charge in [0.15, 0.2) is 0 Å². The maximum absolute atomic E-state index is 12.6. The third-order valence-electron chi connectivity index (χ3n) is 4.79. The van der Waals surface area contributed by atoms with E-state index in [1.807, 2.05) is 37.4 Å². The summed E-state index contributed by atoms with van der Waals surface area (Å²) < 4.78 is 0. The van der Waals surface area contributed by atoms with E-state index in [9.17, 15) is 4.79 Å². The average Bonchev–Trinajstić information content (AvgIpc) is 2.56. The van der Waals surface area contributed by atoms with Gasteiger partial charge in [0.2, 0.25) is 5.91 Å². The van der Waals surface area contributed by atoms with Gasteiger partial charge in [-0.2, -0.15) is 0 Å². The standard InChI is InChI=1S/C18H21N3O/c1-21-13-5-8-16(14-6-3-2-4-7-14)18(21,17(19)22)15-9-11-20-12-10-15/h2-4,6-7,9-12,16H,5,8,13H2,1H3,(H2,19,22). The lowest BCUT2D eigenvalue weighted by molar-refractivity contribution is -0.134. The molecular weight excluding hydrogens is 274 g/mol. The minimum absolute atomic E-state index is 0.0485. The highest BCUT2D eigenvalue weighted by molar-refractivity contribution is 5.87. The van der Waals surface area contributed by atoms with Gasteiger partial charge in [0.1, 0.15) is 5.54 Å². The molecular formula is C18H21N3O. The van der Waals surface area contributed by atoms with E-state index in [1.165, 1.54) is 0 Å². The Balaban J connectivity index is 2.20. The first-order valence-electron chi connectivity index (χ1n) is 7.64. The number of benzene rings is 1. The van der Waals surface area contributed by atoms with Gasteiger partial charge in [-0.3, -0.25) is 14.7 Å². The lowest BCUT2D eigenvalue weighted by Crippen LogP contribution is -2.59. The SMILES string of the molecule is CN1CCCC(c2ccccc2)C1(C(N)=O)c1ccncc1. The number of primary amides is 1. The Kier molecular flexibility index (Phi) is 3.94. The predicted molar refractivity (Wildman–Crippen MR) is 86.2 cm³/mol. The van der Waals surface area contributed by atoms with Gasteiger partial charge in [0.25, 0.3) is 0 Å². The smallest absolute Gasteiger partial charge is 0.243 e. The molecule has 1 aromatic carbocycles. The largest absolute Gasteiger partial charge is 0.368 e. The maximum atomic E-state index is 12.6. The molecule has 1 aliphatic rings. The van der Waals surface area contributed by atoms with Crippen molar-refractivity contribution in [2.24, 2.45) is 5.73 Å². The Hall–Kier alpha value is -2.20. The van der Waals surface area contributed by atoms with Crippen molar-refractivity contribution in [2.75, 3.05) is 13.6 Å². The molecule has 0 aliphatic carbocycles. The number of aromatic nitrogens is 1. The van der Waals surface area contributed by atoms with Crippen LogP contribution in [0.3, 0.4) is 0 Å². The molecule has 1 aromatic heterocycles. The Morgan fingerprint density at radius 3 is 2.55 bits per heavy atom. The van der Waals surface area contributed by atoms with Gasteiger partial charge < -0.3 is 5.73 Å². The van der Waals surface area contributed by atoms with E-state index in [0.29, 0.717) is 0 Å². The molecule has 2 aromatic rings. The van der Waals surface area contributed by atoms with E-state index in [2.05, 4.69) is 22.0 Å². The summed E-state index contributed by atoms with van der Waals surface area (Å²) in [5.74, 6) is -0.248. The summed E-state index contributed by atoms with van der Waals surface area (Å²) in [5, 5.41) is 0. The number of amides is 1. The third-order valence-corrected chi connectivity index (χ3v) is 4.79. The quantitative estimate of drug-likeness (QED) is 0.945. The van der Waals surface area contributed by atoms with E-state index in [4.69, 9.17) is 5.73 Å². The van der Waals surface area contributed by atoms with Crippen LogP contribution in [0.4, 0.5) is 0 Å². The van der Waals surface area contributed by atoms with Crippen LogP contribution in [0.15, 0.2) is 54.9 Å². The van der Waals surface area contributed by atoms with Crippen molar-refractivity contribution in [3.8, 4) is 0 Å². The molecule has 3 rings (SSSR count). The lowest BCUT2D eigenvalue weighted by Gasteiger charge is -2.49. The number of hydrogen-bond donors (Lipinski definition) is 1. The Bertz CT molecular complexity index is 644. The van der Waals surface area contributed by atoms with E-state index < -0.39 is 5.54 Å². The van der Waals surface area contributed by atoms with Gasteiger partial charge >= 0.3 is 0 Å². The van der Waals surface area contributed by atoms with Crippen LogP contribution in [0.5, 0.6) is 0 Å². The summed E-state index contributed by atoms with van der Waals surface area (Å²) in [7, 11) is 1.99. The van der Waals surface area contributed by atoms with E-state index in [-0.39, 0.29) is 11.8 Å². The Morgan fingerprint density at radius 2 is 1.91 bits per heavy atom. The van der Waals surface area contributed by atoms with Gasteiger partial charge in [0.05, 0.1) is 0 Å². The van der Waals surface area contributed by atoms with Crippen LogP contribution >= 0.6 is 0 Å². The first-order chi connectivity index (χ1) is 10.7. The second-order valence-corrected chi connectivity index (χ2v) is 5.89. The minimum atomic E-state index is -0.817. The summed E-state index contributed by atoms with van der Waals surface area (Å²) in [6.07, 6.45) is 5.45. The fraction of sp³-hybridized carbons (Fsp3) is 0.333. The topological polar surface area (TPSA) is 59.2 Å². The molecule has 0 bridgehead atoms. The molecule has 0 spiro atoms. The number of carbonyl (C=O) groups is 1. The first-order valence-corrected chi connectivity index (χ1v) is 7.64. The van der Waals surface area contributed by atoms with Gasteiger partial charge in [-0.25, -0.2) is 0 Å². The zero-order chi connectivity index (χ0) is 15.6. The number of pyridine rings is 1.